The van der Waals surface area contributed by atoms with E-state index in [2.05, 4.69) is 15.5 Å². The molecule has 0 unspecified atom stereocenters. The molecule has 0 spiro atoms. The van der Waals surface area contributed by atoms with Crippen LogP contribution in [-0.4, -0.2) is 28.1 Å². The lowest BCUT2D eigenvalue weighted by molar-refractivity contribution is -0.113. The molecule has 0 saturated carbocycles. The number of hydrogen-bond acceptors (Lipinski definition) is 6. The van der Waals surface area contributed by atoms with E-state index in [0.717, 1.165) is 23.9 Å². The second-order valence-electron chi connectivity index (χ2n) is 3.86. The number of hydrogen-bond donors (Lipinski definition) is 1. The second-order valence-corrected chi connectivity index (χ2v) is 5.65. The van der Waals surface area contributed by atoms with Crippen molar-refractivity contribution in [3.63, 3.8) is 0 Å². The molecule has 2 aromatic rings. The van der Waals surface area contributed by atoms with E-state index in [1.165, 1.54) is 6.07 Å². The Balaban J connectivity index is 1.85. The molecule has 0 bridgehead atoms. The van der Waals surface area contributed by atoms with Gasteiger partial charge in [0.15, 0.2) is 11.6 Å². The summed E-state index contributed by atoms with van der Waals surface area (Å²) >= 11 is 2.62. The molecule has 0 aliphatic carbocycles. The van der Waals surface area contributed by atoms with Crippen LogP contribution in [0.4, 0.5) is 14.5 Å². The van der Waals surface area contributed by atoms with Gasteiger partial charge in [-0.15, -0.1) is 10.2 Å². The summed E-state index contributed by atoms with van der Waals surface area (Å²) in [6.45, 7) is 0. The number of carbonyl (C=O) groups is 1. The first-order chi connectivity index (χ1) is 10.1. The Kier molecular flexibility index (Phi) is 5.57. The van der Waals surface area contributed by atoms with Crippen molar-refractivity contribution in [3.05, 3.63) is 35.7 Å². The molecule has 1 aromatic carbocycles. The summed E-state index contributed by atoms with van der Waals surface area (Å²) in [5.74, 6) is -1.23. The predicted molar refractivity (Wildman–Crippen MR) is 77.2 cm³/mol. The summed E-state index contributed by atoms with van der Waals surface area (Å²) in [6, 6.07) is 3.15. The number of nitrogens with one attached hydrogen (secondary N) is 1. The maximum absolute atomic E-state index is 13.0. The highest BCUT2D eigenvalue weighted by atomic mass is 32.2. The van der Waals surface area contributed by atoms with Crippen molar-refractivity contribution in [2.45, 2.75) is 11.0 Å². The summed E-state index contributed by atoms with van der Waals surface area (Å²) in [5.41, 5.74) is 0.188. The van der Waals surface area contributed by atoms with E-state index in [1.54, 1.807) is 11.8 Å². The minimum atomic E-state index is -1.01. The van der Waals surface area contributed by atoms with E-state index in [1.807, 2.05) is 6.26 Å². The van der Waals surface area contributed by atoms with E-state index in [0.29, 0.717) is 16.9 Å². The number of nitrogens with zero attached hydrogens (tertiary/aromatic N) is 2. The Bertz CT molecular complexity index is 637. The van der Waals surface area contributed by atoms with Crippen LogP contribution in [0.1, 0.15) is 5.89 Å². The van der Waals surface area contributed by atoms with Gasteiger partial charge in [-0.3, -0.25) is 4.79 Å². The first-order valence-electron chi connectivity index (χ1n) is 5.77. The van der Waals surface area contributed by atoms with Crippen LogP contribution in [0.5, 0.6) is 0 Å². The maximum atomic E-state index is 13.0. The molecule has 0 fully saturated rings. The van der Waals surface area contributed by atoms with Gasteiger partial charge >= 0.3 is 0 Å². The molecule has 2 rings (SSSR count). The van der Waals surface area contributed by atoms with Crippen molar-refractivity contribution in [1.29, 1.82) is 0 Å². The monoisotopic (exact) mass is 331 g/mol. The van der Waals surface area contributed by atoms with Gasteiger partial charge in [-0.1, -0.05) is 11.8 Å². The first kappa shape index (κ1) is 15.8. The molecule has 1 aromatic heterocycles. The number of rotatable bonds is 6. The standard InChI is InChI=1S/C12H11F2N3O2S2/c1-20-6-11-16-17-12(19-11)21-5-10(18)15-7-2-3-8(13)9(14)4-7/h2-4H,5-6H2,1H3,(H,15,18). The lowest BCUT2D eigenvalue weighted by atomic mass is 10.3. The van der Waals surface area contributed by atoms with Gasteiger partial charge < -0.3 is 9.73 Å². The minimum absolute atomic E-state index is 0.0277. The number of benzene rings is 1. The molecule has 1 heterocycles. The van der Waals surface area contributed by atoms with Crippen molar-refractivity contribution in [2.24, 2.45) is 0 Å². The highest BCUT2D eigenvalue weighted by Gasteiger charge is 2.10. The molecule has 1 amide bonds. The van der Waals surface area contributed by atoms with Crippen LogP contribution in [-0.2, 0) is 10.5 Å². The molecule has 0 aliphatic heterocycles. The van der Waals surface area contributed by atoms with Crippen molar-refractivity contribution in [2.75, 3.05) is 17.3 Å². The molecule has 1 N–H and O–H groups in total. The van der Waals surface area contributed by atoms with E-state index in [9.17, 15) is 13.6 Å². The van der Waals surface area contributed by atoms with Gasteiger partial charge in [-0.2, -0.15) is 11.8 Å². The summed E-state index contributed by atoms with van der Waals surface area (Å²) in [7, 11) is 0. The van der Waals surface area contributed by atoms with Crippen LogP contribution in [0.3, 0.4) is 0 Å². The van der Waals surface area contributed by atoms with Crippen LogP contribution in [0, 0.1) is 11.6 Å². The van der Waals surface area contributed by atoms with Crippen LogP contribution < -0.4 is 5.32 Å². The van der Waals surface area contributed by atoms with E-state index in [-0.39, 0.29) is 17.3 Å². The second kappa shape index (κ2) is 7.41. The van der Waals surface area contributed by atoms with Crippen molar-refractivity contribution < 1.29 is 18.0 Å². The third-order valence-electron chi connectivity index (χ3n) is 2.25. The summed E-state index contributed by atoms with van der Waals surface area (Å²) in [4.78, 5) is 11.7. The first-order valence-corrected chi connectivity index (χ1v) is 8.15. The molecule has 0 saturated heterocycles. The molecular weight excluding hydrogens is 320 g/mol. The zero-order chi connectivity index (χ0) is 15.2. The molecule has 0 aliphatic rings. The molecular formula is C12H11F2N3O2S2. The summed E-state index contributed by atoms with van der Waals surface area (Å²) in [6.07, 6.45) is 1.91. The van der Waals surface area contributed by atoms with Gasteiger partial charge in [-0.25, -0.2) is 8.78 Å². The van der Waals surface area contributed by atoms with E-state index in [4.69, 9.17) is 4.42 Å². The zero-order valence-corrected chi connectivity index (χ0v) is 12.6. The quantitative estimate of drug-likeness (QED) is 0.821. The number of anilines is 1. The molecule has 9 heteroatoms. The van der Waals surface area contributed by atoms with E-state index >= 15 is 0 Å². The van der Waals surface area contributed by atoms with Crippen LogP contribution in [0.15, 0.2) is 27.8 Å². The Morgan fingerprint density at radius 3 is 2.86 bits per heavy atom. The normalized spacial score (nSPS) is 10.6. The van der Waals surface area contributed by atoms with Gasteiger partial charge in [0, 0.05) is 11.8 Å². The Hall–Kier alpha value is -1.61. The number of amides is 1. The lowest BCUT2D eigenvalue weighted by Crippen LogP contribution is -2.14. The molecule has 112 valence electrons. The Morgan fingerprint density at radius 1 is 1.33 bits per heavy atom. The number of carbonyl (C=O) groups excluding carboxylic acids is 1. The van der Waals surface area contributed by atoms with Crippen molar-refractivity contribution in [3.8, 4) is 0 Å². The molecule has 0 atom stereocenters. The third-order valence-corrected chi connectivity index (χ3v) is 3.60. The SMILES string of the molecule is CSCc1nnc(SCC(=O)Nc2ccc(F)c(F)c2)o1. The van der Waals surface area contributed by atoms with Gasteiger partial charge in [0.2, 0.25) is 11.8 Å². The molecule has 5 nitrogen and oxygen atoms in total. The van der Waals surface area contributed by atoms with Crippen LogP contribution in [0.25, 0.3) is 0 Å². The summed E-state index contributed by atoms with van der Waals surface area (Å²) in [5, 5.41) is 10.3. The van der Waals surface area contributed by atoms with Crippen molar-refractivity contribution in [1.82, 2.24) is 10.2 Å². The van der Waals surface area contributed by atoms with Gasteiger partial charge in [-0.05, 0) is 18.4 Å². The van der Waals surface area contributed by atoms with E-state index < -0.39 is 11.6 Å². The molecule has 0 radical (unpaired) electrons. The largest absolute Gasteiger partial charge is 0.415 e. The fraction of sp³-hybridized carbons (Fsp3) is 0.250. The topological polar surface area (TPSA) is 68.0 Å². The third kappa shape index (κ3) is 4.71. The average molecular weight is 331 g/mol. The predicted octanol–water partition coefficient (Wildman–Crippen LogP) is 2.94. The minimum Gasteiger partial charge on any atom is -0.415 e. The number of halogens is 2. The number of thioether (sulfide) groups is 2. The zero-order valence-electron chi connectivity index (χ0n) is 10.9. The van der Waals surface area contributed by atoms with Crippen LogP contribution >= 0.6 is 23.5 Å². The lowest BCUT2D eigenvalue weighted by Gasteiger charge is -2.04. The van der Waals surface area contributed by atoms with Gasteiger partial charge in [0.25, 0.3) is 5.22 Å². The highest BCUT2D eigenvalue weighted by Crippen LogP contribution is 2.19. The van der Waals surface area contributed by atoms with Crippen LogP contribution in [0.2, 0.25) is 0 Å². The van der Waals surface area contributed by atoms with Crippen molar-refractivity contribution >= 4 is 35.1 Å². The summed E-state index contributed by atoms with van der Waals surface area (Å²) < 4.78 is 31.0. The highest BCUT2D eigenvalue weighted by molar-refractivity contribution is 7.99. The Labute approximate surface area is 127 Å². The van der Waals surface area contributed by atoms with Gasteiger partial charge in [0.05, 0.1) is 11.5 Å². The number of aromatic nitrogens is 2. The smallest absolute Gasteiger partial charge is 0.277 e. The molecule has 21 heavy (non-hydrogen) atoms. The maximum Gasteiger partial charge on any atom is 0.277 e. The van der Waals surface area contributed by atoms with Gasteiger partial charge in [0.1, 0.15) is 0 Å². The fourth-order valence-electron chi connectivity index (χ4n) is 1.38. The average Bonchev–Trinajstić information content (AvgIpc) is 2.89. The fourth-order valence-corrected chi connectivity index (χ4v) is 2.32. The Morgan fingerprint density at radius 2 is 2.14 bits per heavy atom.